The third kappa shape index (κ3) is 4.96. The second-order valence-electron chi connectivity index (χ2n) is 7.81. The first-order chi connectivity index (χ1) is 15.0. The zero-order chi connectivity index (χ0) is 21.8. The van der Waals surface area contributed by atoms with Crippen LogP contribution in [0, 0.1) is 11.6 Å². The number of carbonyl (C=O) groups is 1. The van der Waals surface area contributed by atoms with Gasteiger partial charge in [0.25, 0.3) is 0 Å². The van der Waals surface area contributed by atoms with E-state index in [0.717, 1.165) is 6.42 Å². The molecule has 2 atom stereocenters. The Morgan fingerprint density at radius 1 is 1.23 bits per heavy atom. The zero-order valence-corrected chi connectivity index (χ0v) is 17.0. The number of benzene rings is 2. The molecule has 6 nitrogen and oxygen atoms in total. The number of hydrogen-bond acceptors (Lipinski definition) is 5. The van der Waals surface area contributed by atoms with Gasteiger partial charge in [0.15, 0.2) is 0 Å². The molecule has 1 saturated heterocycles. The molecule has 2 aromatic carbocycles. The van der Waals surface area contributed by atoms with E-state index in [0.29, 0.717) is 42.8 Å². The number of halogens is 2. The van der Waals surface area contributed by atoms with E-state index in [-0.39, 0.29) is 41.9 Å². The quantitative estimate of drug-likeness (QED) is 0.617. The van der Waals surface area contributed by atoms with Crippen molar-refractivity contribution in [1.29, 1.82) is 0 Å². The van der Waals surface area contributed by atoms with E-state index in [4.69, 9.17) is 10.3 Å². The fourth-order valence-electron chi connectivity index (χ4n) is 3.92. The lowest BCUT2D eigenvalue weighted by atomic mass is 10.0. The highest BCUT2D eigenvalue weighted by Gasteiger charge is 2.34. The van der Waals surface area contributed by atoms with Crippen LogP contribution in [-0.4, -0.2) is 33.5 Å². The van der Waals surface area contributed by atoms with E-state index >= 15 is 0 Å². The standard InChI is InChI=1S/C23H24F2N4O2/c24-17-7-3-6-16(13-17)22-27-23(31-28-22)20-9-4-12-29(20)21(30)14-18(26)11-10-15-5-1-2-8-19(15)25/h1-3,5-8,13,18,20H,4,9-12,14,26H2/t18?,20-/m0/s1. The van der Waals surface area contributed by atoms with Crippen molar-refractivity contribution in [1.82, 2.24) is 15.0 Å². The predicted molar refractivity (Wildman–Crippen MR) is 111 cm³/mol. The molecule has 3 aromatic rings. The molecule has 1 aliphatic heterocycles. The minimum Gasteiger partial charge on any atom is -0.337 e. The Kier molecular flexibility index (Phi) is 6.36. The maximum absolute atomic E-state index is 13.8. The number of amides is 1. The van der Waals surface area contributed by atoms with Crippen LogP contribution in [0.4, 0.5) is 8.78 Å². The minimum absolute atomic E-state index is 0.0889. The first-order valence-electron chi connectivity index (χ1n) is 10.4. The third-order valence-corrected chi connectivity index (χ3v) is 5.56. The average molecular weight is 426 g/mol. The lowest BCUT2D eigenvalue weighted by Crippen LogP contribution is -2.36. The van der Waals surface area contributed by atoms with Crippen molar-refractivity contribution in [3.63, 3.8) is 0 Å². The molecule has 0 aliphatic carbocycles. The summed E-state index contributed by atoms with van der Waals surface area (Å²) in [6.45, 7) is 0.585. The molecule has 0 radical (unpaired) electrons. The van der Waals surface area contributed by atoms with Crippen LogP contribution in [0.15, 0.2) is 53.1 Å². The van der Waals surface area contributed by atoms with E-state index in [2.05, 4.69) is 10.1 Å². The van der Waals surface area contributed by atoms with E-state index in [9.17, 15) is 13.6 Å². The van der Waals surface area contributed by atoms with Gasteiger partial charge in [0.1, 0.15) is 17.7 Å². The molecule has 1 aromatic heterocycles. The lowest BCUT2D eigenvalue weighted by molar-refractivity contribution is -0.133. The second kappa shape index (κ2) is 9.34. The SMILES string of the molecule is NC(CCc1ccccc1F)CC(=O)N1CCC[C@H]1c1nc(-c2cccc(F)c2)no1. The van der Waals surface area contributed by atoms with Crippen LogP contribution in [-0.2, 0) is 11.2 Å². The summed E-state index contributed by atoms with van der Waals surface area (Å²) >= 11 is 0. The van der Waals surface area contributed by atoms with Crippen molar-refractivity contribution < 1.29 is 18.1 Å². The zero-order valence-electron chi connectivity index (χ0n) is 17.0. The molecule has 1 aliphatic rings. The largest absolute Gasteiger partial charge is 0.337 e. The highest BCUT2D eigenvalue weighted by Crippen LogP contribution is 2.32. The first-order valence-corrected chi connectivity index (χ1v) is 10.4. The minimum atomic E-state index is -0.383. The Morgan fingerprint density at radius 3 is 2.87 bits per heavy atom. The van der Waals surface area contributed by atoms with Crippen LogP contribution in [0.1, 0.15) is 43.2 Å². The number of aromatic nitrogens is 2. The van der Waals surface area contributed by atoms with Crippen molar-refractivity contribution in [2.75, 3.05) is 6.54 Å². The summed E-state index contributed by atoms with van der Waals surface area (Å²) < 4.78 is 32.6. The van der Waals surface area contributed by atoms with E-state index < -0.39 is 0 Å². The summed E-state index contributed by atoms with van der Waals surface area (Å²) in [6.07, 6.45) is 2.68. The van der Waals surface area contributed by atoms with Gasteiger partial charge in [-0.2, -0.15) is 4.98 Å². The van der Waals surface area contributed by atoms with Crippen molar-refractivity contribution >= 4 is 5.91 Å². The van der Waals surface area contributed by atoms with Crippen LogP contribution in [0.5, 0.6) is 0 Å². The Morgan fingerprint density at radius 2 is 2.06 bits per heavy atom. The normalized spacial score (nSPS) is 17.1. The van der Waals surface area contributed by atoms with Gasteiger partial charge in [-0.3, -0.25) is 4.79 Å². The smallest absolute Gasteiger partial charge is 0.249 e. The Balaban J connectivity index is 1.38. The Labute approximate surface area is 179 Å². The van der Waals surface area contributed by atoms with Gasteiger partial charge in [0, 0.05) is 24.6 Å². The molecule has 31 heavy (non-hydrogen) atoms. The summed E-state index contributed by atoms with van der Waals surface area (Å²) in [7, 11) is 0. The maximum atomic E-state index is 13.8. The predicted octanol–water partition coefficient (Wildman–Crippen LogP) is 4.03. The molecule has 8 heteroatoms. The van der Waals surface area contributed by atoms with E-state index in [1.54, 1.807) is 35.2 Å². The fraction of sp³-hybridized carbons (Fsp3) is 0.348. The summed E-state index contributed by atoms with van der Waals surface area (Å²) in [4.78, 5) is 19.0. The molecular formula is C23H24F2N4O2. The van der Waals surface area contributed by atoms with Crippen LogP contribution in [0.2, 0.25) is 0 Å². The number of likely N-dealkylation sites (tertiary alicyclic amines) is 1. The highest BCUT2D eigenvalue weighted by atomic mass is 19.1. The molecule has 1 amide bonds. The molecule has 2 N–H and O–H groups in total. The molecule has 162 valence electrons. The molecule has 0 saturated carbocycles. The van der Waals surface area contributed by atoms with Crippen LogP contribution >= 0.6 is 0 Å². The number of rotatable bonds is 7. The topological polar surface area (TPSA) is 85.3 Å². The molecule has 0 bridgehead atoms. The Bertz CT molecular complexity index is 1060. The van der Waals surface area contributed by atoms with Crippen molar-refractivity contribution in [3.8, 4) is 11.4 Å². The van der Waals surface area contributed by atoms with Crippen LogP contribution < -0.4 is 5.73 Å². The van der Waals surface area contributed by atoms with Gasteiger partial charge in [-0.05, 0) is 49.4 Å². The van der Waals surface area contributed by atoms with Crippen molar-refractivity contribution in [2.45, 2.75) is 44.2 Å². The summed E-state index contributed by atoms with van der Waals surface area (Å²) in [5.41, 5.74) is 7.27. The van der Waals surface area contributed by atoms with Crippen LogP contribution in [0.3, 0.4) is 0 Å². The van der Waals surface area contributed by atoms with Gasteiger partial charge in [-0.15, -0.1) is 0 Å². The van der Waals surface area contributed by atoms with Crippen molar-refractivity contribution in [2.24, 2.45) is 5.73 Å². The lowest BCUT2D eigenvalue weighted by Gasteiger charge is -2.23. The van der Waals surface area contributed by atoms with E-state index in [1.807, 2.05) is 0 Å². The number of aryl methyl sites for hydroxylation is 1. The fourth-order valence-corrected chi connectivity index (χ4v) is 3.92. The molecule has 4 rings (SSSR count). The van der Waals surface area contributed by atoms with Crippen molar-refractivity contribution in [3.05, 3.63) is 71.6 Å². The van der Waals surface area contributed by atoms with Gasteiger partial charge in [-0.1, -0.05) is 35.5 Å². The van der Waals surface area contributed by atoms with Crippen LogP contribution in [0.25, 0.3) is 11.4 Å². The molecule has 0 spiro atoms. The monoisotopic (exact) mass is 426 g/mol. The summed E-state index contributed by atoms with van der Waals surface area (Å²) in [5, 5.41) is 3.95. The van der Waals surface area contributed by atoms with Gasteiger partial charge in [-0.25, -0.2) is 8.78 Å². The van der Waals surface area contributed by atoms with Gasteiger partial charge < -0.3 is 15.2 Å². The molecular weight excluding hydrogens is 402 g/mol. The maximum Gasteiger partial charge on any atom is 0.249 e. The molecule has 1 fully saturated rings. The van der Waals surface area contributed by atoms with Gasteiger partial charge in [0.2, 0.25) is 17.6 Å². The first kappa shape index (κ1) is 21.1. The number of nitrogens with two attached hydrogens (primary N) is 1. The molecule has 2 heterocycles. The van der Waals surface area contributed by atoms with E-state index in [1.165, 1.54) is 18.2 Å². The number of nitrogens with zero attached hydrogens (tertiary/aromatic N) is 3. The summed E-state index contributed by atoms with van der Waals surface area (Å²) in [6, 6.07) is 11.8. The van der Waals surface area contributed by atoms with Gasteiger partial charge in [0.05, 0.1) is 0 Å². The third-order valence-electron chi connectivity index (χ3n) is 5.56. The van der Waals surface area contributed by atoms with Gasteiger partial charge >= 0.3 is 0 Å². The average Bonchev–Trinajstić information content (AvgIpc) is 3.43. The number of hydrogen-bond donors (Lipinski definition) is 1. The summed E-state index contributed by atoms with van der Waals surface area (Å²) in [5.74, 6) is -0.105. The molecule has 1 unspecified atom stereocenters. The number of carbonyl (C=O) groups excluding carboxylic acids is 1. The Hall–Kier alpha value is -3.13. The second-order valence-corrected chi connectivity index (χ2v) is 7.81. The highest BCUT2D eigenvalue weighted by molar-refractivity contribution is 5.77.